The predicted octanol–water partition coefficient (Wildman–Crippen LogP) is 3.12. The Balaban J connectivity index is 2.20. The van der Waals surface area contributed by atoms with Gasteiger partial charge in [-0.25, -0.2) is 4.98 Å². The van der Waals surface area contributed by atoms with E-state index in [2.05, 4.69) is 4.98 Å². The van der Waals surface area contributed by atoms with Gasteiger partial charge in [0.25, 0.3) is 5.91 Å². The highest BCUT2D eigenvalue weighted by molar-refractivity contribution is 7.22. The number of rotatable bonds is 6. The van der Waals surface area contributed by atoms with Crippen molar-refractivity contribution < 1.29 is 14.7 Å². The zero-order chi connectivity index (χ0) is 15.4. The fraction of sp³-hybridized carbons (Fsp3) is 0.357. The first-order valence-electron chi connectivity index (χ1n) is 6.55. The van der Waals surface area contributed by atoms with E-state index in [-0.39, 0.29) is 18.9 Å². The van der Waals surface area contributed by atoms with Crippen LogP contribution >= 0.6 is 22.7 Å². The lowest BCUT2D eigenvalue weighted by molar-refractivity contribution is -0.137. The van der Waals surface area contributed by atoms with Crippen molar-refractivity contribution in [3.63, 3.8) is 0 Å². The van der Waals surface area contributed by atoms with Crippen LogP contribution in [-0.2, 0) is 4.79 Å². The molecule has 0 aromatic carbocycles. The Kier molecular flexibility index (Phi) is 5.08. The molecule has 0 unspecified atom stereocenters. The van der Waals surface area contributed by atoms with Crippen molar-refractivity contribution in [3.05, 3.63) is 28.1 Å². The van der Waals surface area contributed by atoms with Gasteiger partial charge in [0.15, 0.2) is 0 Å². The molecule has 0 aliphatic rings. The van der Waals surface area contributed by atoms with Crippen LogP contribution in [0.2, 0.25) is 0 Å². The van der Waals surface area contributed by atoms with E-state index in [0.717, 1.165) is 9.88 Å². The van der Waals surface area contributed by atoms with Gasteiger partial charge in [-0.1, -0.05) is 6.07 Å². The zero-order valence-corrected chi connectivity index (χ0v) is 13.5. The molecule has 112 valence electrons. The minimum atomic E-state index is -0.901. The highest BCUT2D eigenvalue weighted by Crippen LogP contribution is 2.31. The number of carboxylic acids is 1. The summed E-state index contributed by atoms with van der Waals surface area (Å²) in [5.41, 5.74) is 0.696. The van der Waals surface area contributed by atoms with Gasteiger partial charge in [-0.05, 0) is 25.3 Å². The van der Waals surface area contributed by atoms with Crippen LogP contribution in [0.4, 0.5) is 0 Å². The predicted molar refractivity (Wildman–Crippen MR) is 84.0 cm³/mol. The monoisotopic (exact) mass is 324 g/mol. The number of carbonyl (C=O) groups is 2. The summed E-state index contributed by atoms with van der Waals surface area (Å²) in [7, 11) is 0. The second-order valence-corrected chi connectivity index (χ2v) is 6.39. The first-order valence-corrected chi connectivity index (χ1v) is 8.25. The molecule has 1 amide bonds. The fourth-order valence-electron chi connectivity index (χ4n) is 1.88. The van der Waals surface area contributed by atoms with Crippen molar-refractivity contribution in [2.24, 2.45) is 0 Å². The molecule has 7 heteroatoms. The van der Waals surface area contributed by atoms with Gasteiger partial charge in [0, 0.05) is 13.1 Å². The topological polar surface area (TPSA) is 70.5 Å². The molecule has 0 saturated carbocycles. The van der Waals surface area contributed by atoms with Crippen molar-refractivity contribution in [1.29, 1.82) is 0 Å². The molecule has 2 aromatic heterocycles. The zero-order valence-electron chi connectivity index (χ0n) is 11.8. The van der Waals surface area contributed by atoms with E-state index in [0.29, 0.717) is 17.1 Å². The molecule has 2 rings (SSSR count). The molecule has 0 aliphatic carbocycles. The number of aliphatic carboxylic acids is 1. The summed E-state index contributed by atoms with van der Waals surface area (Å²) in [5, 5.41) is 11.6. The van der Waals surface area contributed by atoms with Gasteiger partial charge < -0.3 is 10.0 Å². The summed E-state index contributed by atoms with van der Waals surface area (Å²) >= 11 is 2.95. The molecule has 0 atom stereocenters. The van der Waals surface area contributed by atoms with E-state index in [1.165, 1.54) is 11.3 Å². The number of amides is 1. The van der Waals surface area contributed by atoms with Crippen LogP contribution < -0.4 is 0 Å². The smallest absolute Gasteiger partial charge is 0.305 e. The average molecular weight is 324 g/mol. The Hall–Kier alpha value is -1.73. The number of carboxylic acid groups (broad SMARTS) is 1. The van der Waals surface area contributed by atoms with Crippen LogP contribution in [0.1, 0.15) is 28.7 Å². The summed E-state index contributed by atoms with van der Waals surface area (Å²) < 4.78 is 0. The Morgan fingerprint density at radius 3 is 2.76 bits per heavy atom. The number of carbonyl (C=O) groups excluding carboxylic acids is 1. The quantitative estimate of drug-likeness (QED) is 0.886. The van der Waals surface area contributed by atoms with E-state index in [1.807, 2.05) is 31.4 Å². The van der Waals surface area contributed by atoms with E-state index < -0.39 is 5.97 Å². The summed E-state index contributed by atoms with van der Waals surface area (Å²) in [6.45, 7) is 4.36. The highest BCUT2D eigenvalue weighted by Gasteiger charge is 2.21. The molecular weight excluding hydrogens is 308 g/mol. The van der Waals surface area contributed by atoms with Crippen LogP contribution in [0.25, 0.3) is 9.88 Å². The number of hydrogen-bond acceptors (Lipinski definition) is 5. The van der Waals surface area contributed by atoms with Gasteiger partial charge in [-0.15, -0.1) is 22.7 Å². The molecule has 2 heterocycles. The maximum Gasteiger partial charge on any atom is 0.305 e. The molecule has 0 radical (unpaired) electrons. The highest BCUT2D eigenvalue weighted by atomic mass is 32.1. The van der Waals surface area contributed by atoms with Gasteiger partial charge in [0.1, 0.15) is 9.88 Å². The van der Waals surface area contributed by atoms with Crippen molar-refractivity contribution >= 4 is 34.6 Å². The van der Waals surface area contributed by atoms with Crippen LogP contribution in [0.5, 0.6) is 0 Å². The lowest BCUT2D eigenvalue weighted by Crippen LogP contribution is -2.32. The van der Waals surface area contributed by atoms with Gasteiger partial charge in [0.2, 0.25) is 0 Å². The Bertz CT molecular complexity index is 635. The van der Waals surface area contributed by atoms with Crippen LogP contribution in [-0.4, -0.2) is 40.0 Å². The first kappa shape index (κ1) is 15.7. The number of nitrogens with zero attached hydrogens (tertiary/aromatic N) is 2. The van der Waals surface area contributed by atoms with E-state index in [1.54, 1.807) is 16.2 Å². The van der Waals surface area contributed by atoms with E-state index in [9.17, 15) is 9.59 Å². The van der Waals surface area contributed by atoms with Gasteiger partial charge in [-0.3, -0.25) is 9.59 Å². The van der Waals surface area contributed by atoms with E-state index >= 15 is 0 Å². The Labute approximate surface area is 130 Å². The molecule has 5 nitrogen and oxygen atoms in total. The number of hydrogen-bond donors (Lipinski definition) is 1. The molecule has 2 aromatic rings. The second-order valence-electron chi connectivity index (χ2n) is 4.44. The Morgan fingerprint density at radius 2 is 2.19 bits per heavy atom. The fourth-order valence-corrected chi connectivity index (χ4v) is 3.71. The number of aryl methyl sites for hydroxylation is 1. The average Bonchev–Trinajstić information content (AvgIpc) is 3.07. The third-order valence-corrected chi connectivity index (χ3v) is 5.17. The van der Waals surface area contributed by atoms with Crippen molar-refractivity contribution in [2.75, 3.05) is 13.1 Å². The molecule has 0 fully saturated rings. The largest absolute Gasteiger partial charge is 0.481 e. The summed E-state index contributed by atoms with van der Waals surface area (Å²) in [6.07, 6.45) is -0.0464. The molecular formula is C14H16N2O3S2. The van der Waals surface area contributed by atoms with Crippen molar-refractivity contribution in [1.82, 2.24) is 9.88 Å². The number of thiophene rings is 1. The number of aromatic nitrogens is 1. The summed E-state index contributed by atoms with van der Waals surface area (Å²) in [6, 6.07) is 3.92. The SMILES string of the molecule is CCN(CCC(=O)O)C(=O)c1sc(-c2cccs2)nc1C. The minimum Gasteiger partial charge on any atom is -0.481 e. The number of thiazole rings is 1. The molecule has 1 N–H and O–H groups in total. The maximum absolute atomic E-state index is 12.5. The van der Waals surface area contributed by atoms with Crippen LogP contribution in [0.3, 0.4) is 0 Å². The normalized spacial score (nSPS) is 10.6. The lowest BCUT2D eigenvalue weighted by Gasteiger charge is -2.19. The first-order chi connectivity index (χ1) is 10.0. The third kappa shape index (κ3) is 3.68. The van der Waals surface area contributed by atoms with Crippen LogP contribution in [0.15, 0.2) is 17.5 Å². The Morgan fingerprint density at radius 1 is 1.43 bits per heavy atom. The molecule has 0 aliphatic heterocycles. The summed E-state index contributed by atoms with van der Waals surface area (Å²) in [4.78, 5) is 30.8. The minimum absolute atomic E-state index is 0.0464. The van der Waals surface area contributed by atoms with Crippen molar-refractivity contribution in [2.45, 2.75) is 20.3 Å². The maximum atomic E-state index is 12.5. The lowest BCUT2D eigenvalue weighted by atomic mass is 10.3. The molecule has 0 spiro atoms. The van der Waals surface area contributed by atoms with Gasteiger partial charge in [-0.2, -0.15) is 0 Å². The van der Waals surface area contributed by atoms with Crippen LogP contribution in [0, 0.1) is 6.92 Å². The summed E-state index contributed by atoms with van der Waals surface area (Å²) in [5.74, 6) is -1.04. The van der Waals surface area contributed by atoms with E-state index in [4.69, 9.17) is 5.11 Å². The van der Waals surface area contributed by atoms with Gasteiger partial charge in [0.05, 0.1) is 17.0 Å². The second kappa shape index (κ2) is 6.82. The molecule has 0 saturated heterocycles. The third-order valence-electron chi connectivity index (χ3n) is 2.99. The standard InChI is InChI=1S/C14H16N2O3S2/c1-3-16(7-6-11(17)18)14(19)12-9(2)15-13(21-12)10-5-4-8-20-10/h4-5,8H,3,6-7H2,1-2H3,(H,17,18). The molecule has 0 bridgehead atoms. The molecule has 21 heavy (non-hydrogen) atoms. The van der Waals surface area contributed by atoms with Crippen molar-refractivity contribution in [3.8, 4) is 9.88 Å². The van der Waals surface area contributed by atoms with Gasteiger partial charge >= 0.3 is 5.97 Å².